The van der Waals surface area contributed by atoms with Gasteiger partial charge in [-0.15, -0.1) is 18.3 Å². The van der Waals surface area contributed by atoms with Crippen molar-refractivity contribution < 1.29 is 22.7 Å². The van der Waals surface area contributed by atoms with Crippen LogP contribution in [0.3, 0.4) is 0 Å². The third kappa shape index (κ3) is 7.75. The van der Waals surface area contributed by atoms with Gasteiger partial charge in [0.15, 0.2) is 11.0 Å². The summed E-state index contributed by atoms with van der Waals surface area (Å²) in [5.74, 6) is 1.03. The van der Waals surface area contributed by atoms with Crippen LogP contribution in [0.5, 0.6) is 5.75 Å². The number of anilines is 1. The SMILES string of the molecule is C/C(=C\NC(=O)/N=C1\SCCC(C)N1c1c(C)cc(C)cc1C)c1ccc(-c2ncn(-c3ccc(OC(F)(F)F)cc3)n2)cc1. The monoisotopic (exact) mass is 634 g/mol. The van der Waals surface area contributed by atoms with Gasteiger partial charge < -0.3 is 15.0 Å². The van der Waals surface area contributed by atoms with Gasteiger partial charge in [0.1, 0.15) is 12.1 Å². The molecule has 0 bridgehead atoms. The third-order valence-electron chi connectivity index (χ3n) is 7.32. The van der Waals surface area contributed by atoms with Crippen molar-refractivity contribution in [1.29, 1.82) is 0 Å². The molecule has 45 heavy (non-hydrogen) atoms. The molecule has 2 heterocycles. The number of hydrogen-bond acceptors (Lipinski definition) is 5. The Kier molecular flexibility index (Phi) is 9.33. The van der Waals surface area contributed by atoms with Crippen LogP contribution in [0.2, 0.25) is 0 Å². The highest BCUT2D eigenvalue weighted by Crippen LogP contribution is 2.34. The van der Waals surface area contributed by atoms with E-state index in [0.717, 1.165) is 45.7 Å². The van der Waals surface area contributed by atoms with E-state index >= 15 is 0 Å². The standard InChI is InChI=1S/C33H33F3N6O2S/c1-20-16-21(2)29(22(3)17-20)42-24(5)14-15-45-32(42)39-31(43)37-18-23(4)25-6-8-26(9-7-25)30-38-19-41(40-30)27-10-12-28(13-11-27)44-33(34,35)36/h6-13,16-19,24H,14-15H2,1-5H3,(H,37,43)/b23-18+,39-32-. The summed E-state index contributed by atoms with van der Waals surface area (Å²) < 4.78 is 42.7. The van der Waals surface area contributed by atoms with Crippen molar-refractivity contribution in [3.8, 4) is 22.8 Å². The molecule has 4 aromatic rings. The number of aromatic nitrogens is 3. The van der Waals surface area contributed by atoms with Crippen molar-refractivity contribution >= 4 is 34.2 Å². The van der Waals surface area contributed by atoms with Crippen LogP contribution in [0.4, 0.5) is 23.7 Å². The highest BCUT2D eigenvalue weighted by Gasteiger charge is 2.31. The number of nitrogens with one attached hydrogen (secondary N) is 1. The molecule has 3 aromatic carbocycles. The first-order valence-corrected chi connectivity index (χ1v) is 15.3. The van der Waals surface area contributed by atoms with Crippen molar-refractivity contribution in [3.63, 3.8) is 0 Å². The first kappa shape index (κ1) is 31.8. The number of urea groups is 1. The van der Waals surface area contributed by atoms with Crippen molar-refractivity contribution in [2.75, 3.05) is 10.7 Å². The van der Waals surface area contributed by atoms with Crippen LogP contribution >= 0.6 is 11.8 Å². The molecule has 1 aliphatic rings. The van der Waals surface area contributed by atoms with E-state index in [-0.39, 0.29) is 11.8 Å². The second-order valence-electron chi connectivity index (χ2n) is 10.9. The van der Waals surface area contributed by atoms with Gasteiger partial charge in [-0.25, -0.2) is 14.5 Å². The van der Waals surface area contributed by atoms with E-state index in [1.54, 1.807) is 18.0 Å². The van der Waals surface area contributed by atoms with E-state index in [0.29, 0.717) is 16.7 Å². The van der Waals surface area contributed by atoms with E-state index in [1.165, 1.54) is 40.8 Å². The van der Waals surface area contributed by atoms with Gasteiger partial charge in [-0.3, -0.25) is 0 Å². The Morgan fingerprint density at radius 1 is 1.07 bits per heavy atom. The number of carbonyl (C=O) groups is 1. The summed E-state index contributed by atoms with van der Waals surface area (Å²) in [6.07, 6.45) is -0.628. The average Bonchev–Trinajstić information content (AvgIpc) is 3.47. The minimum atomic E-state index is -4.75. The molecule has 1 saturated heterocycles. The molecule has 1 atom stereocenters. The van der Waals surface area contributed by atoms with Crippen LogP contribution in [0.15, 0.2) is 78.2 Å². The zero-order valence-corrected chi connectivity index (χ0v) is 26.3. The van der Waals surface area contributed by atoms with E-state index < -0.39 is 12.4 Å². The molecule has 8 nitrogen and oxygen atoms in total. The third-order valence-corrected chi connectivity index (χ3v) is 8.31. The number of amides is 2. The number of nitrogens with zero attached hydrogens (tertiary/aromatic N) is 5. The Balaban J connectivity index is 1.25. The van der Waals surface area contributed by atoms with Crippen molar-refractivity contribution in [2.24, 2.45) is 4.99 Å². The van der Waals surface area contributed by atoms with Gasteiger partial charge in [0.05, 0.1) is 5.69 Å². The normalized spacial score (nSPS) is 16.6. The smallest absolute Gasteiger partial charge is 0.406 e. The van der Waals surface area contributed by atoms with Gasteiger partial charge in [0, 0.05) is 29.2 Å². The lowest BCUT2D eigenvalue weighted by Crippen LogP contribution is -2.42. The van der Waals surface area contributed by atoms with Crippen LogP contribution in [0, 0.1) is 20.8 Å². The number of ether oxygens (including phenoxy) is 1. The zero-order chi connectivity index (χ0) is 32.3. The largest absolute Gasteiger partial charge is 0.573 e. The van der Waals surface area contributed by atoms with Gasteiger partial charge in [0.2, 0.25) is 0 Å². The molecule has 1 N–H and O–H groups in total. The van der Waals surface area contributed by atoms with Gasteiger partial charge >= 0.3 is 12.4 Å². The maximum absolute atomic E-state index is 12.9. The fourth-order valence-electron chi connectivity index (χ4n) is 5.24. The van der Waals surface area contributed by atoms with E-state index in [9.17, 15) is 18.0 Å². The van der Waals surface area contributed by atoms with Gasteiger partial charge in [-0.05, 0) is 87.6 Å². The molecule has 0 saturated carbocycles. The van der Waals surface area contributed by atoms with Gasteiger partial charge in [0.25, 0.3) is 0 Å². The van der Waals surface area contributed by atoms with E-state index in [2.05, 4.69) is 69.9 Å². The number of alkyl halides is 3. The summed E-state index contributed by atoms with van der Waals surface area (Å²) in [5, 5.41) is 7.94. The average molecular weight is 635 g/mol. The Hall–Kier alpha value is -4.58. The second-order valence-corrected chi connectivity index (χ2v) is 12.0. The molecule has 234 valence electrons. The quantitative estimate of drug-likeness (QED) is 0.230. The fraction of sp³-hybridized carbons (Fsp3) is 0.273. The first-order valence-electron chi connectivity index (χ1n) is 14.3. The number of hydrogen-bond donors (Lipinski definition) is 1. The predicted octanol–water partition coefficient (Wildman–Crippen LogP) is 8.22. The number of halogens is 3. The maximum atomic E-state index is 12.9. The number of aryl methyl sites for hydroxylation is 3. The summed E-state index contributed by atoms with van der Waals surface area (Å²) in [4.78, 5) is 23.9. The molecule has 12 heteroatoms. The van der Waals surface area contributed by atoms with Crippen LogP contribution in [-0.2, 0) is 0 Å². The highest BCUT2D eigenvalue weighted by molar-refractivity contribution is 8.14. The summed E-state index contributed by atoms with van der Waals surface area (Å²) in [7, 11) is 0. The molecule has 5 rings (SSSR count). The second kappa shape index (κ2) is 13.2. The molecule has 1 aromatic heterocycles. The number of rotatable bonds is 6. The van der Waals surface area contributed by atoms with Crippen molar-refractivity contribution in [2.45, 2.75) is 53.4 Å². The predicted molar refractivity (Wildman–Crippen MR) is 173 cm³/mol. The molecule has 1 unspecified atom stereocenters. The number of carbonyl (C=O) groups excluding carboxylic acids is 1. The number of benzene rings is 3. The molecule has 0 aliphatic carbocycles. The molecular weight excluding hydrogens is 601 g/mol. The number of amidine groups is 1. The van der Waals surface area contributed by atoms with Crippen LogP contribution in [-0.4, -0.2) is 44.1 Å². The number of allylic oxidation sites excluding steroid dienone is 1. The lowest BCUT2D eigenvalue weighted by molar-refractivity contribution is -0.274. The molecule has 2 amide bonds. The minimum absolute atomic E-state index is 0.216. The molecule has 0 spiro atoms. The minimum Gasteiger partial charge on any atom is -0.406 e. The molecule has 1 aliphatic heterocycles. The topological polar surface area (TPSA) is 84.6 Å². The van der Waals surface area contributed by atoms with Crippen molar-refractivity contribution in [3.05, 3.63) is 95.4 Å². The van der Waals surface area contributed by atoms with E-state index in [1.807, 2.05) is 31.2 Å². The fourth-order valence-corrected chi connectivity index (χ4v) is 6.44. The van der Waals surface area contributed by atoms with Crippen LogP contribution in [0.1, 0.15) is 42.5 Å². The van der Waals surface area contributed by atoms with Crippen LogP contribution < -0.4 is 15.0 Å². The van der Waals surface area contributed by atoms with Crippen molar-refractivity contribution in [1.82, 2.24) is 20.1 Å². The number of aliphatic imine (C=N–C) groups is 1. The summed E-state index contributed by atoms with van der Waals surface area (Å²) in [6, 6.07) is 17.0. The summed E-state index contributed by atoms with van der Waals surface area (Å²) >= 11 is 1.59. The summed E-state index contributed by atoms with van der Waals surface area (Å²) in [5.41, 5.74) is 7.63. The first-order chi connectivity index (χ1) is 21.4. The summed E-state index contributed by atoms with van der Waals surface area (Å²) in [6.45, 7) is 10.3. The Labute approximate surface area is 264 Å². The van der Waals surface area contributed by atoms with Gasteiger partial charge in [-0.2, -0.15) is 4.99 Å². The maximum Gasteiger partial charge on any atom is 0.573 e. The highest BCUT2D eigenvalue weighted by atomic mass is 32.2. The molecule has 0 radical (unpaired) electrons. The lowest BCUT2D eigenvalue weighted by atomic mass is 10.0. The Morgan fingerprint density at radius 2 is 1.73 bits per heavy atom. The Bertz CT molecular complexity index is 1720. The lowest BCUT2D eigenvalue weighted by Gasteiger charge is -2.37. The molecular formula is C33H33F3N6O2S. The molecule has 1 fully saturated rings. The van der Waals surface area contributed by atoms with Crippen LogP contribution in [0.25, 0.3) is 22.6 Å². The Morgan fingerprint density at radius 3 is 2.38 bits per heavy atom. The van der Waals surface area contributed by atoms with Gasteiger partial charge in [-0.1, -0.05) is 53.7 Å². The number of thioether (sulfide) groups is 1. The van der Waals surface area contributed by atoms with E-state index in [4.69, 9.17) is 0 Å². The zero-order valence-electron chi connectivity index (χ0n) is 25.5.